The zero-order valence-corrected chi connectivity index (χ0v) is 15.3. The second-order valence-electron chi connectivity index (χ2n) is 5.82. The van der Waals surface area contributed by atoms with E-state index in [1.54, 1.807) is 11.6 Å². The first-order chi connectivity index (χ1) is 13.2. The summed E-state index contributed by atoms with van der Waals surface area (Å²) in [6, 6.07) is 18.9. The Kier molecular flexibility index (Phi) is 4.76. The molecule has 4 rings (SSSR count). The first-order valence-electron chi connectivity index (χ1n) is 8.33. The van der Waals surface area contributed by atoms with E-state index in [4.69, 9.17) is 16.3 Å². The molecule has 0 spiro atoms. The van der Waals surface area contributed by atoms with Gasteiger partial charge in [0.05, 0.1) is 13.7 Å². The summed E-state index contributed by atoms with van der Waals surface area (Å²) in [6.07, 6.45) is 0. The second-order valence-corrected chi connectivity index (χ2v) is 6.26. The third kappa shape index (κ3) is 3.93. The predicted octanol–water partition coefficient (Wildman–Crippen LogP) is 4.14. The molecule has 0 amide bonds. The lowest BCUT2D eigenvalue weighted by molar-refractivity contribution is 0.415. The van der Waals surface area contributed by atoms with Gasteiger partial charge in [0.2, 0.25) is 0 Å². The van der Waals surface area contributed by atoms with E-state index in [2.05, 4.69) is 25.9 Å². The third-order valence-corrected chi connectivity index (χ3v) is 4.20. The van der Waals surface area contributed by atoms with Crippen molar-refractivity contribution in [2.75, 3.05) is 17.7 Å². The lowest BCUT2D eigenvalue weighted by Crippen LogP contribution is -2.07. The Morgan fingerprint density at radius 2 is 1.85 bits per heavy atom. The molecule has 0 aliphatic heterocycles. The molecule has 136 valence electrons. The van der Waals surface area contributed by atoms with Crippen molar-refractivity contribution < 1.29 is 4.74 Å². The van der Waals surface area contributed by atoms with Gasteiger partial charge in [0.1, 0.15) is 5.75 Å². The van der Waals surface area contributed by atoms with E-state index < -0.39 is 0 Å². The van der Waals surface area contributed by atoms with Crippen molar-refractivity contribution in [1.82, 2.24) is 19.8 Å². The summed E-state index contributed by atoms with van der Waals surface area (Å²) < 4.78 is 6.88. The molecule has 2 heterocycles. The van der Waals surface area contributed by atoms with Crippen molar-refractivity contribution in [2.45, 2.75) is 6.54 Å². The van der Waals surface area contributed by atoms with Gasteiger partial charge in [-0.15, -0.1) is 15.3 Å². The van der Waals surface area contributed by atoms with E-state index in [1.807, 2.05) is 60.7 Å². The molecule has 0 saturated carbocycles. The largest absolute Gasteiger partial charge is 0.497 e. The van der Waals surface area contributed by atoms with E-state index in [0.717, 1.165) is 17.1 Å². The molecule has 4 aromatic rings. The zero-order chi connectivity index (χ0) is 18.6. The van der Waals surface area contributed by atoms with E-state index in [1.165, 1.54) is 0 Å². The predicted molar refractivity (Wildman–Crippen MR) is 106 cm³/mol. The number of hydrogen-bond acceptors (Lipinski definition) is 6. The summed E-state index contributed by atoms with van der Waals surface area (Å²) in [4.78, 5) is 0. The van der Waals surface area contributed by atoms with Crippen molar-refractivity contribution in [1.29, 1.82) is 0 Å². The normalized spacial score (nSPS) is 10.7. The van der Waals surface area contributed by atoms with Crippen LogP contribution < -0.4 is 15.4 Å². The van der Waals surface area contributed by atoms with Crippen LogP contribution in [0.25, 0.3) is 5.65 Å². The second kappa shape index (κ2) is 7.51. The average molecular weight is 381 g/mol. The quantitative estimate of drug-likeness (QED) is 0.523. The van der Waals surface area contributed by atoms with Crippen LogP contribution >= 0.6 is 11.6 Å². The van der Waals surface area contributed by atoms with Gasteiger partial charge in [0, 0.05) is 16.4 Å². The van der Waals surface area contributed by atoms with Gasteiger partial charge in [-0.1, -0.05) is 17.7 Å². The number of rotatable bonds is 6. The first-order valence-corrected chi connectivity index (χ1v) is 8.71. The van der Waals surface area contributed by atoms with Crippen molar-refractivity contribution in [2.24, 2.45) is 0 Å². The molecule has 0 fully saturated rings. The zero-order valence-electron chi connectivity index (χ0n) is 14.6. The maximum Gasteiger partial charge on any atom is 0.178 e. The summed E-state index contributed by atoms with van der Waals surface area (Å²) >= 11 is 6.03. The van der Waals surface area contributed by atoms with Gasteiger partial charge in [-0.2, -0.15) is 4.52 Å². The Balaban J connectivity index is 1.52. The van der Waals surface area contributed by atoms with Crippen molar-refractivity contribution >= 4 is 34.4 Å². The van der Waals surface area contributed by atoms with Crippen molar-refractivity contribution in [3.8, 4) is 5.75 Å². The van der Waals surface area contributed by atoms with Gasteiger partial charge in [-0.05, 0) is 54.6 Å². The number of fused-ring (bicyclic) bond motifs is 1. The van der Waals surface area contributed by atoms with Crippen LogP contribution in [0.3, 0.4) is 0 Å². The number of halogens is 1. The summed E-state index contributed by atoms with van der Waals surface area (Å²) in [5.74, 6) is 2.19. The van der Waals surface area contributed by atoms with Crippen LogP contribution in [0.15, 0.2) is 60.7 Å². The van der Waals surface area contributed by atoms with Crippen LogP contribution in [0.5, 0.6) is 5.75 Å². The van der Waals surface area contributed by atoms with Crippen molar-refractivity contribution in [3.05, 3.63) is 71.5 Å². The highest BCUT2D eigenvalue weighted by Crippen LogP contribution is 2.19. The maximum atomic E-state index is 6.03. The number of methoxy groups -OCH3 is 1. The van der Waals surface area contributed by atoms with Crippen LogP contribution in [-0.4, -0.2) is 26.9 Å². The van der Waals surface area contributed by atoms with Crippen LogP contribution in [-0.2, 0) is 6.54 Å². The minimum Gasteiger partial charge on any atom is -0.497 e. The topological polar surface area (TPSA) is 76.4 Å². The molecule has 8 heteroatoms. The number of anilines is 3. The molecule has 0 radical (unpaired) electrons. The lowest BCUT2D eigenvalue weighted by Gasteiger charge is -2.08. The van der Waals surface area contributed by atoms with Crippen LogP contribution in [0.1, 0.15) is 5.82 Å². The standard InChI is InChI=1S/C19H17ClN6O/c1-27-16-7-5-14(6-8-16)21-12-19-24-23-18-10-9-17(25-26(18)19)22-15-4-2-3-13(20)11-15/h2-11,21H,12H2,1H3,(H,22,25). The Labute approximate surface area is 161 Å². The minimum atomic E-state index is 0.487. The molecule has 2 aromatic heterocycles. The summed E-state index contributed by atoms with van der Waals surface area (Å²) in [6.45, 7) is 0.487. The molecular formula is C19H17ClN6O. The van der Waals surface area contributed by atoms with Gasteiger partial charge in [-0.25, -0.2) is 0 Å². The van der Waals surface area contributed by atoms with E-state index >= 15 is 0 Å². The third-order valence-electron chi connectivity index (χ3n) is 3.97. The SMILES string of the molecule is COc1ccc(NCc2nnc3ccc(Nc4cccc(Cl)c4)nn23)cc1. The van der Waals surface area contributed by atoms with E-state index in [0.29, 0.717) is 28.9 Å². The monoisotopic (exact) mass is 380 g/mol. The van der Waals surface area contributed by atoms with E-state index in [9.17, 15) is 0 Å². The number of aromatic nitrogens is 4. The molecular weight excluding hydrogens is 364 g/mol. The van der Waals surface area contributed by atoms with Crippen LogP contribution in [0, 0.1) is 0 Å². The molecule has 27 heavy (non-hydrogen) atoms. The summed E-state index contributed by atoms with van der Waals surface area (Å²) in [7, 11) is 1.64. The number of ether oxygens (including phenoxy) is 1. The minimum absolute atomic E-state index is 0.487. The highest BCUT2D eigenvalue weighted by atomic mass is 35.5. The lowest BCUT2D eigenvalue weighted by atomic mass is 10.3. The Bertz CT molecular complexity index is 1060. The van der Waals surface area contributed by atoms with Crippen LogP contribution in [0.2, 0.25) is 5.02 Å². The average Bonchev–Trinajstić information content (AvgIpc) is 3.09. The van der Waals surface area contributed by atoms with Crippen LogP contribution in [0.4, 0.5) is 17.2 Å². The summed E-state index contributed by atoms with van der Waals surface area (Å²) in [5.41, 5.74) is 2.50. The molecule has 0 bridgehead atoms. The number of benzene rings is 2. The maximum absolute atomic E-state index is 6.03. The Hall–Kier alpha value is -3.32. The summed E-state index contributed by atoms with van der Waals surface area (Å²) in [5, 5.41) is 20.2. The molecule has 2 N–H and O–H groups in total. The molecule has 0 aliphatic carbocycles. The van der Waals surface area contributed by atoms with Gasteiger partial charge in [0.25, 0.3) is 0 Å². The molecule has 0 atom stereocenters. The fourth-order valence-corrected chi connectivity index (χ4v) is 2.80. The Morgan fingerprint density at radius 1 is 1.00 bits per heavy atom. The van der Waals surface area contributed by atoms with Gasteiger partial charge in [-0.3, -0.25) is 0 Å². The van der Waals surface area contributed by atoms with E-state index in [-0.39, 0.29) is 0 Å². The number of hydrogen-bond donors (Lipinski definition) is 2. The Morgan fingerprint density at radius 3 is 2.63 bits per heavy atom. The molecule has 0 saturated heterocycles. The van der Waals surface area contributed by atoms with Crippen molar-refractivity contribution in [3.63, 3.8) is 0 Å². The van der Waals surface area contributed by atoms with Gasteiger partial charge >= 0.3 is 0 Å². The number of nitrogens with one attached hydrogen (secondary N) is 2. The molecule has 2 aromatic carbocycles. The van der Waals surface area contributed by atoms with Gasteiger partial charge in [0.15, 0.2) is 17.3 Å². The smallest absolute Gasteiger partial charge is 0.178 e. The molecule has 0 aliphatic rings. The van der Waals surface area contributed by atoms with Gasteiger partial charge < -0.3 is 15.4 Å². The highest BCUT2D eigenvalue weighted by molar-refractivity contribution is 6.30. The fraction of sp³-hybridized carbons (Fsp3) is 0.105. The molecule has 7 nitrogen and oxygen atoms in total. The highest BCUT2D eigenvalue weighted by Gasteiger charge is 2.08. The molecule has 0 unspecified atom stereocenters. The first kappa shape index (κ1) is 17.1. The number of nitrogens with zero attached hydrogens (tertiary/aromatic N) is 4. The fourth-order valence-electron chi connectivity index (χ4n) is 2.61.